The molecule has 1 heterocycles. The Balaban J connectivity index is 1.65. The van der Waals surface area contributed by atoms with Crippen LogP contribution in [0.15, 0.2) is 48.8 Å². The zero-order valence-electron chi connectivity index (χ0n) is 26.1. The number of ketones is 1. The van der Waals surface area contributed by atoms with Crippen molar-refractivity contribution in [2.75, 3.05) is 46.6 Å². The number of hydrogen-bond acceptors (Lipinski definition) is 10. The number of pyridine rings is 1. The van der Waals surface area contributed by atoms with Crippen molar-refractivity contribution >= 4 is 35.0 Å². The minimum absolute atomic E-state index is 0.0168. The molecule has 0 unspecified atom stereocenters. The van der Waals surface area contributed by atoms with Crippen molar-refractivity contribution in [3.8, 4) is 17.2 Å². The monoisotopic (exact) mass is 712 g/mol. The molecule has 48 heavy (non-hydrogen) atoms. The Bertz CT molecular complexity index is 1550. The molecule has 0 amide bonds. The lowest BCUT2D eigenvalue weighted by molar-refractivity contribution is -0.605. The van der Waals surface area contributed by atoms with E-state index in [-0.39, 0.29) is 78.6 Å². The summed E-state index contributed by atoms with van der Waals surface area (Å²) in [6, 6.07) is 8.62. The summed E-state index contributed by atoms with van der Waals surface area (Å²) in [5.41, 5.74) is 1.13. The summed E-state index contributed by atoms with van der Waals surface area (Å²) >= 11 is 12.7. The van der Waals surface area contributed by atoms with Gasteiger partial charge in [-0.15, -0.1) is 0 Å². The molecule has 1 aromatic heterocycles. The van der Waals surface area contributed by atoms with Crippen LogP contribution in [0.5, 0.6) is 17.2 Å². The summed E-state index contributed by atoms with van der Waals surface area (Å²) in [5.74, 6) is -0.547. The van der Waals surface area contributed by atoms with Crippen LogP contribution in [0, 0.1) is 11.1 Å². The Morgan fingerprint density at radius 1 is 1.02 bits per heavy atom. The third-order valence-electron chi connectivity index (χ3n) is 7.56. The second-order valence-electron chi connectivity index (χ2n) is 11.2. The Hall–Kier alpha value is -3.75. The molecule has 1 atom stereocenters. The van der Waals surface area contributed by atoms with Crippen molar-refractivity contribution in [1.29, 1.82) is 0 Å². The van der Waals surface area contributed by atoms with Gasteiger partial charge < -0.3 is 34.4 Å². The molecule has 11 nitrogen and oxygen atoms in total. The molecule has 4 rings (SSSR count). The van der Waals surface area contributed by atoms with Gasteiger partial charge in [-0.3, -0.25) is 9.69 Å². The SMILES string of the molecule is COc1ccc(C(=O)O[C@@H](Cc2c(Cl)c[n+]([O-])cc2Cl)c2ccc(OC(F)F)c(OCC3CC3)c2)cc1CC(=O)CN(CCO)CCO. The molecule has 1 aliphatic carbocycles. The summed E-state index contributed by atoms with van der Waals surface area (Å²) in [7, 11) is 1.42. The summed E-state index contributed by atoms with van der Waals surface area (Å²) in [6.45, 7) is -2.83. The van der Waals surface area contributed by atoms with Crippen LogP contribution in [0.1, 0.15) is 46.0 Å². The number of benzene rings is 2. The molecular weight excluding hydrogens is 677 g/mol. The maximum Gasteiger partial charge on any atom is 0.387 e. The van der Waals surface area contributed by atoms with Crippen LogP contribution in [0.4, 0.5) is 8.78 Å². The molecule has 2 N–H and O–H groups in total. The van der Waals surface area contributed by atoms with E-state index in [9.17, 15) is 33.8 Å². The van der Waals surface area contributed by atoms with E-state index in [0.717, 1.165) is 25.2 Å². The summed E-state index contributed by atoms with van der Waals surface area (Å²) in [5, 5.41) is 30.5. The quantitative estimate of drug-likeness (QED) is 0.103. The van der Waals surface area contributed by atoms with E-state index in [4.69, 9.17) is 37.4 Å². The smallest absolute Gasteiger partial charge is 0.387 e. The number of aliphatic hydroxyl groups is 2. The number of carbonyl (C=O) groups excluding carboxylic acids is 2. The van der Waals surface area contributed by atoms with E-state index in [1.54, 1.807) is 4.90 Å². The fraction of sp³-hybridized carbons (Fsp3) is 0.424. The normalized spacial score (nSPS) is 13.4. The molecule has 1 fully saturated rings. The van der Waals surface area contributed by atoms with E-state index in [0.29, 0.717) is 39.7 Å². The molecule has 260 valence electrons. The highest BCUT2D eigenvalue weighted by molar-refractivity contribution is 6.35. The maximum absolute atomic E-state index is 13.7. The Morgan fingerprint density at radius 2 is 1.69 bits per heavy atom. The van der Waals surface area contributed by atoms with Gasteiger partial charge in [-0.1, -0.05) is 29.3 Å². The zero-order chi connectivity index (χ0) is 34.8. The van der Waals surface area contributed by atoms with Crippen LogP contribution < -0.4 is 18.9 Å². The number of carbonyl (C=O) groups is 2. The highest BCUT2D eigenvalue weighted by Crippen LogP contribution is 2.38. The molecule has 0 radical (unpaired) electrons. The lowest BCUT2D eigenvalue weighted by Gasteiger charge is -2.22. The number of hydrogen-bond donors (Lipinski definition) is 2. The second-order valence-corrected chi connectivity index (χ2v) is 12.0. The lowest BCUT2D eigenvalue weighted by atomic mass is 10.0. The standard InChI is InChI=1S/C33H36Cl2F2N2O9/c1-45-28-6-5-22(12-23(28)13-24(42)16-38(8-10-40)9-11-41)32(43)47-30(15-25-26(34)17-39(44)18-27(25)35)21-4-7-29(48-33(36)37)31(14-21)46-19-20-2-3-20/h4-7,12,14,17-18,20,30,33,40-41H,2-3,8-11,13,15-16,19H2,1H3/t30-/m0/s1. The zero-order valence-corrected chi connectivity index (χ0v) is 27.6. The first-order chi connectivity index (χ1) is 23.0. The second kappa shape index (κ2) is 17.6. The number of nitrogens with zero attached hydrogens (tertiary/aromatic N) is 2. The number of alkyl halides is 2. The first kappa shape index (κ1) is 37.1. The van der Waals surface area contributed by atoms with Gasteiger partial charge in [0.15, 0.2) is 29.7 Å². The van der Waals surface area contributed by atoms with Crippen LogP contribution in [-0.4, -0.2) is 80.0 Å². The maximum atomic E-state index is 13.7. The van der Waals surface area contributed by atoms with Crippen molar-refractivity contribution < 1.29 is 52.3 Å². The van der Waals surface area contributed by atoms with E-state index in [1.807, 2.05) is 0 Å². The molecule has 15 heteroatoms. The predicted octanol–water partition coefficient (Wildman–Crippen LogP) is 4.56. The lowest BCUT2D eigenvalue weighted by Crippen LogP contribution is -2.35. The minimum atomic E-state index is -3.10. The van der Waals surface area contributed by atoms with Crippen LogP contribution in [0.3, 0.4) is 0 Å². The van der Waals surface area contributed by atoms with E-state index < -0.39 is 18.7 Å². The van der Waals surface area contributed by atoms with Gasteiger partial charge in [-0.25, -0.2) is 4.79 Å². The Labute approximate surface area is 286 Å². The van der Waals surface area contributed by atoms with Crippen molar-refractivity contribution in [3.05, 3.63) is 86.3 Å². The van der Waals surface area contributed by atoms with E-state index >= 15 is 0 Å². The van der Waals surface area contributed by atoms with Gasteiger partial charge in [0.2, 0.25) is 0 Å². The number of rotatable bonds is 19. The molecule has 3 aromatic rings. The first-order valence-electron chi connectivity index (χ1n) is 15.1. The number of aliphatic hydroxyl groups excluding tert-OH is 2. The number of aromatic nitrogens is 1. The molecular formula is C33H36Cl2F2N2O9. The van der Waals surface area contributed by atoms with Gasteiger partial charge >= 0.3 is 12.6 Å². The van der Waals surface area contributed by atoms with E-state index in [2.05, 4.69) is 4.74 Å². The third kappa shape index (κ3) is 10.6. The van der Waals surface area contributed by atoms with Gasteiger partial charge in [0, 0.05) is 37.1 Å². The Kier molecular flexibility index (Phi) is 13.6. The van der Waals surface area contributed by atoms with Crippen molar-refractivity contribution in [3.63, 3.8) is 0 Å². The minimum Gasteiger partial charge on any atom is -0.619 e. The van der Waals surface area contributed by atoms with Gasteiger partial charge in [0.05, 0.1) is 39.0 Å². The van der Waals surface area contributed by atoms with E-state index in [1.165, 1.54) is 43.5 Å². The summed E-state index contributed by atoms with van der Waals surface area (Å²) < 4.78 is 48.6. The molecule has 0 bridgehead atoms. The Morgan fingerprint density at radius 3 is 2.29 bits per heavy atom. The fourth-order valence-electron chi connectivity index (χ4n) is 4.97. The van der Waals surface area contributed by atoms with Crippen LogP contribution >= 0.6 is 23.2 Å². The largest absolute Gasteiger partial charge is 0.619 e. The van der Waals surface area contributed by atoms with Gasteiger partial charge in [0.1, 0.15) is 21.9 Å². The molecule has 0 aliphatic heterocycles. The van der Waals surface area contributed by atoms with Crippen molar-refractivity contribution in [1.82, 2.24) is 4.90 Å². The predicted molar refractivity (Wildman–Crippen MR) is 171 cm³/mol. The van der Waals surface area contributed by atoms with Gasteiger partial charge in [0.25, 0.3) is 0 Å². The average molecular weight is 714 g/mol. The summed E-state index contributed by atoms with van der Waals surface area (Å²) in [4.78, 5) is 28.2. The van der Waals surface area contributed by atoms with Crippen molar-refractivity contribution in [2.45, 2.75) is 38.4 Å². The molecule has 0 spiro atoms. The topological polar surface area (TPSA) is 142 Å². The summed E-state index contributed by atoms with van der Waals surface area (Å²) in [6.07, 6.45) is 2.79. The third-order valence-corrected chi connectivity index (χ3v) is 8.21. The number of Topliss-reactive ketones (excluding diaryl/α,β-unsaturated/α-hetero) is 1. The van der Waals surface area contributed by atoms with Crippen LogP contribution in [0.2, 0.25) is 10.0 Å². The highest BCUT2D eigenvalue weighted by Gasteiger charge is 2.27. The van der Waals surface area contributed by atoms with Crippen LogP contribution in [0.25, 0.3) is 0 Å². The average Bonchev–Trinajstić information content (AvgIpc) is 3.86. The van der Waals surface area contributed by atoms with Crippen LogP contribution in [-0.2, 0) is 22.4 Å². The number of halogens is 4. The molecule has 1 aliphatic rings. The highest BCUT2D eigenvalue weighted by atomic mass is 35.5. The van der Waals surface area contributed by atoms with Gasteiger partial charge in [-0.2, -0.15) is 13.5 Å². The molecule has 1 saturated carbocycles. The number of esters is 1. The number of ether oxygens (including phenoxy) is 4. The number of methoxy groups -OCH3 is 1. The first-order valence-corrected chi connectivity index (χ1v) is 15.9. The van der Waals surface area contributed by atoms with Crippen molar-refractivity contribution in [2.24, 2.45) is 5.92 Å². The molecule has 2 aromatic carbocycles. The molecule has 0 saturated heterocycles. The van der Waals surface area contributed by atoms with Gasteiger partial charge in [-0.05, 0) is 54.7 Å². The fourth-order valence-corrected chi connectivity index (χ4v) is 5.57.